The van der Waals surface area contributed by atoms with Crippen molar-refractivity contribution in [3.63, 3.8) is 0 Å². The molecule has 0 radical (unpaired) electrons. The van der Waals surface area contributed by atoms with Crippen LogP contribution < -0.4 is 0 Å². The zero-order valence-electron chi connectivity index (χ0n) is 18.1. The van der Waals surface area contributed by atoms with Gasteiger partial charge in [0.2, 0.25) is 0 Å². The van der Waals surface area contributed by atoms with E-state index in [0.717, 1.165) is 5.57 Å². The fourth-order valence-corrected chi connectivity index (χ4v) is 3.79. The van der Waals surface area contributed by atoms with Crippen LogP contribution in [0.3, 0.4) is 0 Å². The molecule has 2 atom stereocenters. The summed E-state index contributed by atoms with van der Waals surface area (Å²) in [5.41, 5.74) is 1.34. The lowest BCUT2D eigenvalue weighted by Gasteiger charge is -2.35. The third-order valence-electron chi connectivity index (χ3n) is 5.66. The van der Waals surface area contributed by atoms with Gasteiger partial charge >= 0.3 is 17.9 Å². The number of ether oxygens (including phenoxy) is 3. The van der Waals surface area contributed by atoms with Gasteiger partial charge in [-0.15, -0.1) is 0 Å². The molecule has 0 unspecified atom stereocenters. The van der Waals surface area contributed by atoms with E-state index >= 15 is 0 Å². The van der Waals surface area contributed by atoms with Crippen LogP contribution in [-0.4, -0.2) is 36.7 Å². The van der Waals surface area contributed by atoms with Gasteiger partial charge in [-0.25, -0.2) is 9.59 Å². The Morgan fingerprint density at radius 3 is 2.55 bits per heavy atom. The molecule has 2 bridgehead atoms. The normalized spacial score (nSPS) is 29.5. The van der Waals surface area contributed by atoms with Crippen molar-refractivity contribution in [2.24, 2.45) is 5.92 Å². The molecule has 0 saturated heterocycles. The minimum atomic E-state index is -0.954. The fraction of sp³-hybridized carbons (Fsp3) is 0.609. The lowest BCUT2D eigenvalue weighted by molar-refractivity contribution is -0.181. The summed E-state index contributed by atoms with van der Waals surface area (Å²) in [6.07, 6.45) is 8.20. The predicted octanol–water partition coefficient (Wildman–Crippen LogP) is 4.20. The molecule has 0 spiro atoms. The molecule has 0 N–H and O–H groups in total. The van der Waals surface area contributed by atoms with Gasteiger partial charge in [-0.1, -0.05) is 37.6 Å². The largest absolute Gasteiger partial charge is 0.466 e. The first-order valence-corrected chi connectivity index (χ1v) is 10.2. The van der Waals surface area contributed by atoms with Crippen molar-refractivity contribution in [1.82, 2.24) is 0 Å². The smallest absolute Gasteiger partial charge is 0.334 e. The van der Waals surface area contributed by atoms with Gasteiger partial charge in [0.05, 0.1) is 7.11 Å². The maximum absolute atomic E-state index is 12.8. The topological polar surface area (TPSA) is 78.9 Å². The minimum absolute atomic E-state index is 0.275. The summed E-state index contributed by atoms with van der Waals surface area (Å²) in [4.78, 5) is 36.8. The predicted molar refractivity (Wildman–Crippen MR) is 109 cm³/mol. The number of hydrogen-bond acceptors (Lipinski definition) is 6. The number of fused-ring (bicyclic) bond motifs is 3. The van der Waals surface area contributed by atoms with Crippen molar-refractivity contribution in [2.75, 3.05) is 7.11 Å². The van der Waals surface area contributed by atoms with E-state index in [4.69, 9.17) is 14.2 Å². The van der Waals surface area contributed by atoms with Gasteiger partial charge in [0, 0.05) is 18.1 Å². The van der Waals surface area contributed by atoms with Crippen LogP contribution in [-0.2, 0) is 28.6 Å². The average molecular weight is 405 g/mol. The molecule has 0 amide bonds. The van der Waals surface area contributed by atoms with E-state index in [1.165, 1.54) is 14.0 Å². The number of allylic oxidation sites excluding steroid dienone is 4. The second kappa shape index (κ2) is 9.90. The molecule has 0 aliphatic carbocycles. The highest BCUT2D eigenvalue weighted by atomic mass is 16.6. The van der Waals surface area contributed by atoms with Crippen LogP contribution in [0.1, 0.15) is 66.2 Å². The SMILES string of the molecule is COC(=O)/C1=C\C=C(\C(C)C)CCC2=CCC[C@](C)(OC2=O)[C@H](OC(C)=O)CC1. The Labute approximate surface area is 173 Å². The average Bonchev–Trinajstić information content (AvgIpc) is 2.79. The van der Waals surface area contributed by atoms with E-state index in [0.29, 0.717) is 49.7 Å². The molecule has 0 fully saturated rings. The maximum atomic E-state index is 12.8. The van der Waals surface area contributed by atoms with E-state index in [9.17, 15) is 14.4 Å². The van der Waals surface area contributed by atoms with Crippen LogP contribution in [0.15, 0.2) is 34.9 Å². The zero-order chi connectivity index (χ0) is 21.6. The molecule has 2 aliphatic rings. The number of carbonyl (C=O) groups is 3. The molecule has 6 heteroatoms. The van der Waals surface area contributed by atoms with Crippen molar-refractivity contribution >= 4 is 17.9 Å². The van der Waals surface area contributed by atoms with Crippen LogP contribution in [0.2, 0.25) is 0 Å². The van der Waals surface area contributed by atoms with Crippen LogP contribution in [0.25, 0.3) is 0 Å². The molecule has 2 aliphatic heterocycles. The summed E-state index contributed by atoms with van der Waals surface area (Å²) in [6.45, 7) is 7.31. The summed E-state index contributed by atoms with van der Waals surface area (Å²) in [6, 6.07) is 0. The van der Waals surface area contributed by atoms with Crippen molar-refractivity contribution in [3.05, 3.63) is 34.9 Å². The Morgan fingerprint density at radius 2 is 1.93 bits per heavy atom. The molecule has 0 aromatic carbocycles. The van der Waals surface area contributed by atoms with Crippen LogP contribution in [0.5, 0.6) is 0 Å². The third-order valence-corrected chi connectivity index (χ3v) is 5.66. The number of hydrogen-bond donors (Lipinski definition) is 0. The van der Waals surface area contributed by atoms with E-state index in [-0.39, 0.29) is 11.9 Å². The molecular weight excluding hydrogens is 372 g/mol. The van der Waals surface area contributed by atoms with Gasteiger partial charge in [-0.2, -0.15) is 0 Å². The molecule has 160 valence electrons. The molecule has 0 aromatic rings. The monoisotopic (exact) mass is 404 g/mol. The Hall–Kier alpha value is -2.37. The summed E-state index contributed by atoms with van der Waals surface area (Å²) >= 11 is 0. The molecule has 6 nitrogen and oxygen atoms in total. The zero-order valence-corrected chi connectivity index (χ0v) is 18.1. The molecule has 0 saturated carbocycles. The molecule has 29 heavy (non-hydrogen) atoms. The molecule has 2 rings (SSSR count). The maximum Gasteiger partial charge on any atom is 0.334 e. The second-order valence-corrected chi connectivity index (χ2v) is 8.19. The highest BCUT2D eigenvalue weighted by Crippen LogP contribution is 2.34. The van der Waals surface area contributed by atoms with E-state index in [1.54, 1.807) is 13.0 Å². The Balaban J connectivity index is 2.48. The van der Waals surface area contributed by atoms with Gasteiger partial charge in [-0.05, 0) is 51.4 Å². The first-order valence-electron chi connectivity index (χ1n) is 10.2. The Morgan fingerprint density at radius 1 is 1.21 bits per heavy atom. The first-order chi connectivity index (χ1) is 13.7. The lowest BCUT2D eigenvalue weighted by Crippen LogP contribution is -2.45. The number of methoxy groups -OCH3 is 1. The van der Waals surface area contributed by atoms with Crippen LogP contribution >= 0.6 is 0 Å². The van der Waals surface area contributed by atoms with Crippen LogP contribution in [0.4, 0.5) is 0 Å². The number of carbonyl (C=O) groups excluding carboxylic acids is 3. The van der Waals surface area contributed by atoms with E-state index in [1.807, 2.05) is 12.2 Å². The van der Waals surface area contributed by atoms with Gasteiger partial charge in [-0.3, -0.25) is 4.79 Å². The summed E-state index contributed by atoms with van der Waals surface area (Å²) in [5.74, 6) is -0.936. The third kappa shape index (κ3) is 6.05. The lowest BCUT2D eigenvalue weighted by atomic mass is 9.88. The highest BCUT2D eigenvalue weighted by Gasteiger charge is 2.42. The van der Waals surface area contributed by atoms with Crippen molar-refractivity contribution in [3.8, 4) is 0 Å². The van der Waals surface area contributed by atoms with Crippen molar-refractivity contribution in [1.29, 1.82) is 0 Å². The minimum Gasteiger partial charge on any atom is -0.466 e. The van der Waals surface area contributed by atoms with Gasteiger partial charge < -0.3 is 14.2 Å². The quantitative estimate of drug-likeness (QED) is 0.518. The van der Waals surface area contributed by atoms with E-state index in [2.05, 4.69) is 13.8 Å². The summed E-state index contributed by atoms with van der Waals surface area (Å²) < 4.78 is 16.4. The highest BCUT2D eigenvalue weighted by molar-refractivity contribution is 5.89. The standard InChI is InChI=1S/C23H32O6/c1-15(2)17-8-10-18-7-6-14-23(4,29-22(18)26)20(28-16(3)24)13-12-19(11-9-17)21(25)27-5/h7,9,11,15,20H,6,8,10,12-14H2,1-5H3/b17-9+,19-11-/t20-,23+/m1/s1. The number of rotatable bonds is 3. The Kier molecular flexibility index (Phi) is 7.82. The van der Waals surface area contributed by atoms with Gasteiger partial charge in [0.1, 0.15) is 11.7 Å². The Bertz CT molecular complexity index is 742. The molecule has 2 heterocycles. The van der Waals surface area contributed by atoms with Crippen LogP contribution in [0, 0.1) is 5.92 Å². The van der Waals surface area contributed by atoms with Gasteiger partial charge in [0.15, 0.2) is 0 Å². The van der Waals surface area contributed by atoms with Gasteiger partial charge in [0.25, 0.3) is 0 Å². The molecular formula is C23H32O6. The molecule has 0 aromatic heterocycles. The number of esters is 3. The summed E-state index contributed by atoms with van der Waals surface area (Å²) in [7, 11) is 1.35. The summed E-state index contributed by atoms with van der Waals surface area (Å²) in [5, 5.41) is 0. The van der Waals surface area contributed by atoms with Crippen molar-refractivity contribution in [2.45, 2.75) is 77.9 Å². The fourth-order valence-electron chi connectivity index (χ4n) is 3.79. The van der Waals surface area contributed by atoms with Crippen molar-refractivity contribution < 1.29 is 28.6 Å². The second-order valence-electron chi connectivity index (χ2n) is 8.19. The van der Waals surface area contributed by atoms with E-state index < -0.39 is 23.6 Å². The first kappa shape index (κ1) is 22.9.